The lowest BCUT2D eigenvalue weighted by molar-refractivity contribution is 0.304. The second-order valence-electron chi connectivity index (χ2n) is 6.61. The van der Waals surface area contributed by atoms with E-state index in [1.165, 1.54) is 11.3 Å². The van der Waals surface area contributed by atoms with Crippen molar-refractivity contribution >= 4 is 32.5 Å². The lowest BCUT2D eigenvalue weighted by Crippen LogP contribution is -2.20. The predicted octanol–water partition coefficient (Wildman–Crippen LogP) is 3.55. The van der Waals surface area contributed by atoms with Crippen LogP contribution in [0, 0.1) is 13.8 Å². The number of halogens is 1. The van der Waals surface area contributed by atoms with E-state index in [0.29, 0.717) is 35.3 Å². The van der Waals surface area contributed by atoms with Crippen LogP contribution in [-0.2, 0) is 0 Å². The number of rotatable bonds is 3. The van der Waals surface area contributed by atoms with Crippen LogP contribution in [0.2, 0.25) is 0 Å². The van der Waals surface area contributed by atoms with E-state index in [2.05, 4.69) is 15.1 Å². The molecule has 0 amide bonds. The Labute approximate surface area is 154 Å². The van der Waals surface area contributed by atoms with Crippen LogP contribution in [0.25, 0.3) is 16.0 Å². The molecule has 1 atom stereocenters. The van der Waals surface area contributed by atoms with Gasteiger partial charge in [-0.15, -0.1) is 5.10 Å². The molecule has 1 fully saturated rings. The van der Waals surface area contributed by atoms with E-state index >= 15 is 0 Å². The first kappa shape index (κ1) is 17.1. The Morgan fingerprint density at radius 1 is 1.38 bits per heavy atom. The number of aromatic nitrogens is 3. The highest BCUT2D eigenvalue weighted by atomic mass is 32.1. The number of phenols is 1. The van der Waals surface area contributed by atoms with Crippen molar-refractivity contribution in [3.63, 3.8) is 0 Å². The SMILES string of the molecule is CCN1CC(=Nc2nc3nn(-c4c(C)cc(C)cc4O)cc3s2)[C@@H](F)C1. The van der Waals surface area contributed by atoms with Crippen molar-refractivity contribution in [2.75, 3.05) is 19.6 Å². The third-order valence-electron chi connectivity index (χ3n) is 4.57. The molecule has 0 radical (unpaired) electrons. The Morgan fingerprint density at radius 2 is 2.19 bits per heavy atom. The largest absolute Gasteiger partial charge is 0.506 e. The molecular formula is C18H20FN5OS. The fourth-order valence-corrected chi connectivity index (χ4v) is 4.12. The number of likely N-dealkylation sites (tertiary alicyclic amines) is 1. The first-order valence-electron chi connectivity index (χ1n) is 8.55. The summed E-state index contributed by atoms with van der Waals surface area (Å²) >= 11 is 1.38. The van der Waals surface area contributed by atoms with Crippen molar-refractivity contribution in [2.45, 2.75) is 26.9 Å². The van der Waals surface area contributed by atoms with Gasteiger partial charge in [0.2, 0.25) is 5.13 Å². The first-order chi connectivity index (χ1) is 12.4. The molecule has 3 aromatic rings. The molecule has 6 nitrogen and oxygen atoms in total. The number of hydrogen-bond donors (Lipinski definition) is 1. The van der Waals surface area contributed by atoms with E-state index < -0.39 is 6.17 Å². The minimum Gasteiger partial charge on any atom is -0.506 e. The maximum atomic E-state index is 14.1. The minimum atomic E-state index is -1.03. The summed E-state index contributed by atoms with van der Waals surface area (Å²) in [5.41, 5.74) is 3.65. The highest BCUT2D eigenvalue weighted by Gasteiger charge is 2.28. The standard InChI is InChI=1S/C18H20FN5OS/c1-4-23-7-12(19)13(8-23)20-18-21-17-15(26-18)9-24(22-17)16-11(3)5-10(2)6-14(16)25/h5-6,9,12,25H,4,7-8H2,1-3H3/t12-/m0/s1. The number of alkyl halides is 1. The summed E-state index contributed by atoms with van der Waals surface area (Å²) < 4.78 is 16.5. The number of benzene rings is 1. The molecule has 0 unspecified atom stereocenters. The molecule has 1 saturated heterocycles. The summed E-state index contributed by atoms with van der Waals surface area (Å²) in [6, 6.07) is 3.71. The lowest BCUT2D eigenvalue weighted by Gasteiger charge is -2.09. The zero-order chi connectivity index (χ0) is 18.4. The zero-order valence-electron chi connectivity index (χ0n) is 14.9. The Morgan fingerprint density at radius 3 is 2.85 bits per heavy atom. The molecule has 0 bridgehead atoms. The van der Waals surface area contributed by atoms with E-state index in [-0.39, 0.29) is 5.75 Å². The molecule has 0 saturated carbocycles. The van der Waals surface area contributed by atoms with Crippen LogP contribution in [-0.4, -0.2) is 56.3 Å². The monoisotopic (exact) mass is 373 g/mol. The third-order valence-corrected chi connectivity index (χ3v) is 5.44. The Hall–Kier alpha value is -2.32. The highest BCUT2D eigenvalue weighted by molar-refractivity contribution is 7.21. The number of nitrogens with zero attached hydrogens (tertiary/aromatic N) is 5. The highest BCUT2D eigenvalue weighted by Crippen LogP contribution is 2.32. The van der Waals surface area contributed by atoms with Gasteiger partial charge in [0.05, 0.1) is 16.6 Å². The number of thiazole rings is 1. The summed E-state index contributed by atoms with van der Waals surface area (Å²) in [6.07, 6.45) is 0.798. The molecule has 1 aromatic carbocycles. The predicted molar refractivity (Wildman–Crippen MR) is 102 cm³/mol. The van der Waals surface area contributed by atoms with Gasteiger partial charge < -0.3 is 5.11 Å². The van der Waals surface area contributed by atoms with Gasteiger partial charge in [-0.25, -0.2) is 14.1 Å². The number of aromatic hydroxyl groups is 1. The van der Waals surface area contributed by atoms with Gasteiger partial charge >= 0.3 is 0 Å². The number of phenolic OH excluding ortho intramolecular Hbond substituents is 1. The van der Waals surface area contributed by atoms with Crippen LogP contribution < -0.4 is 0 Å². The van der Waals surface area contributed by atoms with Gasteiger partial charge in [0.25, 0.3) is 0 Å². The van der Waals surface area contributed by atoms with E-state index in [0.717, 1.165) is 22.4 Å². The number of aliphatic imine (C=N–C) groups is 1. The van der Waals surface area contributed by atoms with Crippen LogP contribution in [0.5, 0.6) is 5.75 Å². The van der Waals surface area contributed by atoms with Crippen molar-refractivity contribution in [1.82, 2.24) is 19.7 Å². The average molecular weight is 373 g/mol. The molecule has 2 aromatic heterocycles. The van der Waals surface area contributed by atoms with E-state index in [9.17, 15) is 9.50 Å². The average Bonchev–Trinajstić information content (AvgIpc) is 3.20. The Balaban J connectivity index is 1.67. The van der Waals surface area contributed by atoms with Crippen molar-refractivity contribution in [1.29, 1.82) is 0 Å². The fourth-order valence-electron chi connectivity index (χ4n) is 3.30. The second kappa shape index (κ2) is 6.44. The maximum absolute atomic E-state index is 14.1. The van der Waals surface area contributed by atoms with Crippen LogP contribution in [0.15, 0.2) is 23.3 Å². The van der Waals surface area contributed by atoms with Crippen molar-refractivity contribution in [3.8, 4) is 11.4 Å². The quantitative estimate of drug-likeness (QED) is 0.762. The molecular weight excluding hydrogens is 353 g/mol. The molecule has 1 N–H and O–H groups in total. The minimum absolute atomic E-state index is 0.184. The summed E-state index contributed by atoms with van der Waals surface area (Å²) in [5.74, 6) is 0.184. The van der Waals surface area contributed by atoms with Crippen LogP contribution in [0.3, 0.4) is 0 Å². The smallest absolute Gasteiger partial charge is 0.211 e. The van der Waals surface area contributed by atoms with Crippen molar-refractivity contribution in [3.05, 3.63) is 29.5 Å². The van der Waals surface area contributed by atoms with Gasteiger partial charge in [-0.2, -0.15) is 4.98 Å². The molecule has 136 valence electrons. The van der Waals surface area contributed by atoms with Gasteiger partial charge in [0.1, 0.15) is 11.4 Å². The number of aryl methyl sites for hydroxylation is 2. The molecule has 1 aliphatic heterocycles. The summed E-state index contributed by atoms with van der Waals surface area (Å²) in [4.78, 5) is 10.8. The summed E-state index contributed by atoms with van der Waals surface area (Å²) in [7, 11) is 0. The van der Waals surface area contributed by atoms with Gasteiger partial charge in [0, 0.05) is 13.1 Å². The fraction of sp³-hybridized carbons (Fsp3) is 0.389. The Bertz CT molecular complexity index is 954. The van der Waals surface area contributed by atoms with Gasteiger partial charge in [0.15, 0.2) is 11.8 Å². The molecule has 0 spiro atoms. The Kier molecular flexibility index (Phi) is 4.24. The normalized spacial score (nSPS) is 19.8. The van der Waals surface area contributed by atoms with Gasteiger partial charge in [-0.1, -0.05) is 24.3 Å². The van der Waals surface area contributed by atoms with Crippen LogP contribution >= 0.6 is 11.3 Å². The van der Waals surface area contributed by atoms with E-state index in [4.69, 9.17) is 0 Å². The zero-order valence-corrected chi connectivity index (χ0v) is 15.7. The van der Waals surface area contributed by atoms with E-state index in [1.807, 2.05) is 37.9 Å². The molecule has 8 heteroatoms. The van der Waals surface area contributed by atoms with Crippen molar-refractivity contribution < 1.29 is 9.50 Å². The molecule has 3 heterocycles. The number of fused-ring (bicyclic) bond motifs is 1. The van der Waals surface area contributed by atoms with Gasteiger partial charge in [-0.05, 0) is 37.6 Å². The molecule has 0 aliphatic carbocycles. The lowest BCUT2D eigenvalue weighted by atomic mass is 10.1. The number of hydrogen-bond acceptors (Lipinski definition) is 6. The first-order valence-corrected chi connectivity index (χ1v) is 9.37. The van der Waals surface area contributed by atoms with Crippen LogP contribution in [0.1, 0.15) is 18.1 Å². The third kappa shape index (κ3) is 2.99. The summed E-state index contributed by atoms with van der Waals surface area (Å²) in [6.45, 7) is 7.64. The molecule has 4 rings (SSSR count). The summed E-state index contributed by atoms with van der Waals surface area (Å²) in [5, 5.41) is 15.2. The molecule has 1 aliphatic rings. The maximum Gasteiger partial charge on any atom is 0.211 e. The van der Waals surface area contributed by atoms with Crippen molar-refractivity contribution in [2.24, 2.45) is 4.99 Å². The molecule has 26 heavy (non-hydrogen) atoms. The van der Waals surface area contributed by atoms with Gasteiger partial charge in [-0.3, -0.25) is 4.90 Å². The topological polar surface area (TPSA) is 66.5 Å². The van der Waals surface area contributed by atoms with Crippen LogP contribution in [0.4, 0.5) is 9.52 Å². The second-order valence-corrected chi connectivity index (χ2v) is 7.62. The van der Waals surface area contributed by atoms with E-state index in [1.54, 1.807) is 10.7 Å².